The van der Waals surface area contributed by atoms with Crippen molar-refractivity contribution in [1.29, 1.82) is 0 Å². The molecule has 1 aliphatic heterocycles. The molecule has 1 rings (SSSR count). The lowest BCUT2D eigenvalue weighted by molar-refractivity contribution is -0.144. The highest BCUT2D eigenvalue weighted by Gasteiger charge is 2.20. The molecule has 4 nitrogen and oxygen atoms in total. The number of hydrogen-bond donors (Lipinski definition) is 0. The van der Waals surface area contributed by atoms with Crippen LogP contribution in [0.1, 0.15) is 20.3 Å². The number of ether oxygens (including phenoxy) is 2. The Morgan fingerprint density at radius 3 is 2.75 bits per heavy atom. The molecule has 1 heterocycles. The molecular weight excluding hydrogens is 160 g/mol. The molecule has 0 aromatic rings. The molecule has 4 heteroatoms. The summed E-state index contributed by atoms with van der Waals surface area (Å²) in [6.45, 7) is 3.16. The Bertz CT molecular complexity index is 252. The van der Waals surface area contributed by atoms with E-state index in [-0.39, 0.29) is 18.5 Å². The van der Waals surface area contributed by atoms with E-state index in [1.807, 2.05) is 0 Å². The molecule has 0 aromatic carbocycles. The van der Waals surface area contributed by atoms with Gasteiger partial charge in [-0.3, -0.25) is 9.59 Å². The molecular formula is C8H10O4. The van der Waals surface area contributed by atoms with E-state index in [2.05, 4.69) is 4.74 Å². The van der Waals surface area contributed by atoms with Crippen molar-refractivity contribution in [1.82, 2.24) is 0 Å². The van der Waals surface area contributed by atoms with Crippen molar-refractivity contribution < 1.29 is 19.1 Å². The van der Waals surface area contributed by atoms with Crippen LogP contribution in [0.4, 0.5) is 0 Å². The standard InChI is InChI=1S/C8H10O4/c1-5-3-8(10)12-7(5)4-11-6(2)9/h3-4H2,1-2H3. The van der Waals surface area contributed by atoms with E-state index in [9.17, 15) is 9.59 Å². The Hall–Kier alpha value is -1.32. The SMILES string of the molecule is CC(=O)OCC1=C(C)CC(=O)O1. The van der Waals surface area contributed by atoms with Crippen LogP contribution in [0.2, 0.25) is 0 Å². The van der Waals surface area contributed by atoms with E-state index in [1.165, 1.54) is 6.92 Å². The van der Waals surface area contributed by atoms with Crippen molar-refractivity contribution in [2.75, 3.05) is 6.61 Å². The molecule has 0 fully saturated rings. The van der Waals surface area contributed by atoms with Gasteiger partial charge in [0.1, 0.15) is 12.4 Å². The fraction of sp³-hybridized carbons (Fsp3) is 0.500. The smallest absolute Gasteiger partial charge is 0.315 e. The van der Waals surface area contributed by atoms with E-state index >= 15 is 0 Å². The summed E-state index contributed by atoms with van der Waals surface area (Å²) in [4.78, 5) is 21.1. The second kappa shape index (κ2) is 3.38. The Kier molecular flexibility index (Phi) is 2.47. The van der Waals surface area contributed by atoms with Crippen LogP contribution in [0.5, 0.6) is 0 Å². The highest BCUT2D eigenvalue weighted by molar-refractivity contribution is 5.77. The molecule has 0 amide bonds. The van der Waals surface area contributed by atoms with Crippen LogP contribution in [0, 0.1) is 0 Å². The molecule has 1 aliphatic rings. The van der Waals surface area contributed by atoms with E-state index < -0.39 is 0 Å². The van der Waals surface area contributed by atoms with Gasteiger partial charge in [0.2, 0.25) is 0 Å². The lowest BCUT2D eigenvalue weighted by Crippen LogP contribution is -2.05. The normalized spacial score (nSPS) is 16.3. The first-order valence-electron chi connectivity index (χ1n) is 3.62. The summed E-state index contributed by atoms with van der Waals surface area (Å²) in [6.07, 6.45) is 0.302. The molecule has 0 bridgehead atoms. The van der Waals surface area contributed by atoms with Crippen molar-refractivity contribution in [3.63, 3.8) is 0 Å². The molecule has 0 aliphatic carbocycles. The number of carbonyl (C=O) groups is 2. The zero-order chi connectivity index (χ0) is 9.14. The van der Waals surface area contributed by atoms with Crippen molar-refractivity contribution in [3.8, 4) is 0 Å². The molecule has 0 unspecified atom stereocenters. The summed E-state index contributed by atoms with van der Waals surface area (Å²) in [5.41, 5.74) is 0.834. The van der Waals surface area contributed by atoms with Crippen LogP contribution >= 0.6 is 0 Å². The summed E-state index contributed by atoms with van der Waals surface area (Å²) in [6, 6.07) is 0. The first-order valence-corrected chi connectivity index (χ1v) is 3.62. The highest BCUT2D eigenvalue weighted by atomic mass is 16.6. The molecule has 0 radical (unpaired) electrons. The Morgan fingerprint density at radius 2 is 2.33 bits per heavy atom. The van der Waals surface area contributed by atoms with E-state index in [0.717, 1.165) is 5.57 Å². The third kappa shape index (κ3) is 2.08. The lowest BCUT2D eigenvalue weighted by Gasteiger charge is -2.02. The molecule has 66 valence electrons. The largest absolute Gasteiger partial charge is 0.458 e. The molecule has 0 aromatic heterocycles. The minimum absolute atomic E-state index is 0.0624. The van der Waals surface area contributed by atoms with Crippen LogP contribution in [0.25, 0.3) is 0 Å². The van der Waals surface area contributed by atoms with Crippen molar-refractivity contribution in [2.24, 2.45) is 0 Å². The fourth-order valence-corrected chi connectivity index (χ4v) is 0.896. The predicted molar refractivity (Wildman–Crippen MR) is 40.0 cm³/mol. The fourth-order valence-electron chi connectivity index (χ4n) is 0.896. The predicted octanol–water partition coefficient (Wildman–Crippen LogP) is 0.770. The maximum Gasteiger partial charge on any atom is 0.315 e. The number of esters is 2. The summed E-state index contributed by atoms with van der Waals surface area (Å²) in [5, 5.41) is 0. The van der Waals surface area contributed by atoms with Gasteiger partial charge < -0.3 is 9.47 Å². The van der Waals surface area contributed by atoms with E-state index in [0.29, 0.717) is 12.2 Å². The first kappa shape index (κ1) is 8.77. The summed E-state index contributed by atoms with van der Waals surface area (Å²) in [7, 11) is 0. The zero-order valence-electron chi connectivity index (χ0n) is 7.05. The molecule has 12 heavy (non-hydrogen) atoms. The van der Waals surface area contributed by atoms with E-state index in [4.69, 9.17) is 4.74 Å². The summed E-state index contributed by atoms with van der Waals surface area (Å²) in [5.74, 6) is -0.192. The Morgan fingerprint density at radius 1 is 1.67 bits per heavy atom. The second-order valence-corrected chi connectivity index (χ2v) is 2.63. The minimum atomic E-state index is -0.377. The van der Waals surface area contributed by atoms with Gasteiger partial charge in [-0.15, -0.1) is 0 Å². The Labute approximate surface area is 70.1 Å². The molecule has 0 saturated carbocycles. The van der Waals surface area contributed by atoms with Crippen molar-refractivity contribution >= 4 is 11.9 Å². The zero-order valence-corrected chi connectivity index (χ0v) is 7.05. The van der Waals surface area contributed by atoms with Crippen molar-refractivity contribution in [3.05, 3.63) is 11.3 Å². The van der Waals surface area contributed by atoms with Gasteiger partial charge in [0, 0.05) is 6.92 Å². The summed E-state index contributed by atoms with van der Waals surface area (Å²) < 4.78 is 9.46. The number of rotatable bonds is 2. The van der Waals surface area contributed by atoms with Crippen LogP contribution in [-0.4, -0.2) is 18.5 Å². The monoisotopic (exact) mass is 170 g/mol. The lowest BCUT2D eigenvalue weighted by atomic mass is 10.2. The van der Waals surface area contributed by atoms with Gasteiger partial charge in [-0.25, -0.2) is 0 Å². The van der Waals surface area contributed by atoms with Crippen LogP contribution in [0.15, 0.2) is 11.3 Å². The number of carbonyl (C=O) groups excluding carboxylic acids is 2. The average molecular weight is 170 g/mol. The molecule has 0 saturated heterocycles. The number of hydrogen-bond acceptors (Lipinski definition) is 4. The summed E-state index contributed by atoms with van der Waals surface area (Å²) >= 11 is 0. The Balaban J connectivity index is 2.47. The van der Waals surface area contributed by atoms with Crippen molar-refractivity contribution in [2.45, 2.75) is 20.3 Å². The molecule has 0 N–H and O–H groups in total. The van der Waals surface area contributed by atoms with Gasteiger partial charge in [-0.1, -0.05) is 0 Å². The minimum Gasteiger partial charge on any atom is -0.458 e. The number of cyclic esters (lactones) is 1. The van der Waals surface area contributed by atoms with Gasteiger partial charge in [0.25, 0.3) is 0 Å². The first-order chi connectivity index (χ1) is 5.59. The second-order valence-electron chi connectivity index (χ2n) is 2.63. The van der Waals surface area contributed by atoms with Gasteiger partial charge >= 0.3 is 11.9 Å². The average Bonchev–Trinajstić information content (AvgIpc) is 2.26. The van der Waals surface area contributed by atoms with Gasteiger partial charge in [-0.2, -0.15) is 0 Å². The van der Waals surface area contributed by atoms with Gasteiger partial charge in [-0.05, 0) is 12.5 Å². The third-order valence-corrected chi connectivity index (χ3v) is 1.53. The van der Waals surface area contributed by atoms with Crippen LogP contribution in [-0.2, 0) is 19.1 Å². The van der Waals surface area contributed by atoms with Crippen LogP contribution in [0.3, 0.4) is 0 Å². The van der Waals surface area contributed by atoms with Gasteiger partial charge in [0.15, 0.2) is 0 Å². The quantitative estimate of drug-likeness (QED) is 0.574. The van der Waals surface area contributed by atoms with Gasteiger partial charge in [0.05, 0.1) is 6.42 Å². The molecule has 0 spiro atoms. The van der Waals surface area contributed by atoms with E-state index in [1.54, 1.807) is 6.92 Å². The molecule has 0 atom stereocenters. The highest BCUT2D eigenvalue weighted by Crippen LogP contribution is 2.19. The third-order valence-electron chi connectivity index (χ3n) is 1.53. The van der Waals surface area contributed by atoms with Crippen LogP contribution < -0.4 is 0 Å². The maximum atomic E-state index is 10.7. The maximum absolute atomic E-state index is 10.7. The topological polar surface area (TPSA) is 52.6 Å².